The molecule has 1 saturated heterocycles. The van der Waals surface area contributed by atoms with Gasteiger partial charge in [0.05, 0.1) is 22.3 Å². The Morgan fingerprint density at radius 3 is 2.24 bits per heavy atom. The lowest BCUT2D eigenvalue weighted by atomic mass is 10.1. The number of rotatable bonds is 5. The molecule has 3 rings (SSSR count). The molecule has 25 heavy (non-hydrogen) atoms. The summed E-state index contributed by atoms with van der Waals surface area (Å²) in [5.74, 6) is -0.199. The molecular weight excluding hydrogens is 357 g/mol. The van der Waals surface area contributed by atoms with Gasteiger partial charge in [-0.3, -0.25) is 4.79 Å². The molecule has 1 fully saturated rings. The zero-order valence-electron chi connectivity index (χ0n) is 13.9. The zero-order chi connectivity index (χ0) is 17.6. The highest BCUT2D eigenvalue weighted by Gasteiger charge is 2.11. The maximum atomic E-state index is 12.1. The number of hydrogen-bond acceptors (Lipinski definition) is 3. The highest BCUT2D eigenvalue weighted by atomic mass is 35.5. The molecule has 1 aliphatic rings. The topological polar surface area (TPSA) is 44.4 Å². The number of halogens is 2. The number of para-hydroxylation sites is 1. The number of piperidine rings is 1. The number of carbonyl (C=O) groups excluding carboxylic acids is 1. The molecule has 0 saturated carbocycles. The predicted molar refractivity (Wildman–Crippen MR) is 106 cm³/mol. The largest absolute Gasteiger partial charge is 0.376 e. The fourth-order valence-corrected chi connectivity index (χ4v) is 3.42. The molecule has 2 aromatic rings. The first kappa shape index (κ1) is 17.9. The number of nitrogens with one attached hydrogen (secondary N) is 2. The van der Waals surface area contributed by atoms with Crippen molar-refractivity contribution in [1.82, 2.24) is 0 Å². The Balaban J connectivity index is 1.53. The summed E-state index contributed by atoms with van der Waals surface area (Å²) in [6.07, 6.45) is 3.83. The molecule has 0 radical (unpaired) electrons. The minimum absolute atomic E-state index is 0.143. The molecule has 0 aromatic heterocycles. The van der Waals surface area contributed by atoms with Crippen LogP contribution < -0.4 is 15.5 Å². The van der Waals surface area contributed by atoms with Crippen molar-refractivity contribution in [2.24, 2.45) is 0 Å². The molecule has 6 heteroatoms. The summed E-state index contributed by atoms with van der Waals surface area (Å²) in [4.78, 5) is 14.5. The van der Waals surface area contributed by atoms with Crippen LogP contribution in [-0.4, -0.2) is 25.5 Å². The predicted octanol–water partition coefficient (Wildman–Crippen LogP) is 5.03. The third kappa shape index (κ3) is 4.80. The summed E-state index contributed by atoms with van der Waals surface area (Å²) < 4.78 is 0. The fraction of sp³-hybridized carbons (Fsp3) is 0.316. The van der Waals surface area contributed by atoms with Crippen LogP contribution in [-0.2, 0) is 4.79 Å². The first-order valence-electron chi connectivity index (χ1n) is 8.46. The Kier molecular flexibility index (Phi) is 6.05. The molecular formula is C19H21Cl2N3O. The average molecular weight is 378 g/mol. The number of carbonyl (C=O) groups is 1. The van der Waals surface area contributed by atoms with Crippen molar-refractivity contribution in [3.63, 3.8) is 0 Å². The molecule has 4 nitrogen and oxygen atoms in total. The van der Waals surface area contributed by atoms with Gasteiger partial charge in [-0.1, -0.05) is 29.3 Å². The monoisotopic (exact) mass is 377 g/mol. The Hall–Kier alpha value is -1.91. The van der Waals surface area contributed by atoms with E-state index in [0.717, 1.165) is 18.8 Å². The van der Waals surface area contributed by atoms with Gasteiger partial charge in [-0.15, -0.1) is 0 Å². The Labute approximate surface area is 158 Å². The second-order valence-electron chi connectivity index (χ2n) is 6.09. The molecule has 2 aromatic carbocycles. The zero-order valence-corrected chi connectivity index (χ0v) is 15.4. The van der Waals surface area contributed by atoms with Crippen LogP contribution in [0.3, 0.4) is 0 Å². The third-order valence-electron chi connectivity index (χ3n) is 4.27. The van der Waals surface area contributed by atoms with E-state index in [2.05, 4.69) is 27.7 Å². The molecule has 0 atom stereocenters. The van der Waals surface area contributed by atoms with Crippen LogP contribution in [0.5, 0.6) is 0 Å². The van der Waals surface area contributed by atoms with Gasteiger partial charge in [0.15, 0.2) is 0 Å². The smallest absolute Gasteiger partial charge is 0.243 e. The molecule has 1 heterocycles. The van der Waals surface area contributed by atoms with Crippen LogP contribution in [0.1, 0.15) is 19.3 Å². The number of hydrogen-bond donors (Lipinski definition) is 2. The van der Waals surface area contributed by atoms with Crippen LogP contribution >= 0.6 is 23.2 Å². The standard InChI is InChI=1S/C19H21Cl2N3O/c20-16-5-4-6-17(21)19(16)23-18(25)13-22-14-7-9-15(10-8-14)24-11-2-1-3-12-24/h4-10,22H,1-3,11-13H2,(H,23,25). The number of benzene rings is 2. The summed E-state index contributed by atoms with van der Waals surface area (Å²) in [5.41, 5.74) is 2.58. The second kappa shape index (κ2) is 8.45. The maximum Gasteiger partial charge on any atom is 0.243 e. The van der Waals surface area contributed by atoms with E-state index in [0.29, 0.717) is 15.7 Å². The maximum absolute atomic E-state index is 12.1. The fourth-order valence-electron chi connectivity index (χ4n) is 2.93. The lowest BCUT2D eigenvalue weighted by Crippen LogP contribution is -2.29. The molecule has 1 aliphatic heterocycles. The van der Waals surface area contributed by atoms with Crippen LogP contribution in [0.2, 0.25) is 10.0 Å². The normalized spacial score (nSPS) is 14.2. The average Bonchev–Trinajstić information content (AvgIpc) is 2.64. The molecule has 0 bridgehead atoms. The first-order chi connectivity index (χ1) is 12.1. The van der Waals surface area contributed by atoms with E-state index < -0.39 is 0 Å². The Morgan fingerprint density at radius 1 is 0.960 bits per heavy atom. The minimum atomic E-state index is -0.199. The molecule has 1 amide bonds. The van der Waals surface area contributed by atoms with Crippen LogP contribution in [0, 0.1) is 0 Å². The van der Waals surface area contributed by atoms with Gasteiger partial charge in [-0.25, -0.2) is 0 Å². The van der Waals surface area contributed by atoms with Crippen LogP contribution in [0.4, 0.5) is 17.1 Å². The van der Waals surface area contributed by atoms with E-state index in [1.165, 1.54) is 24.9 Å². The van der Waals surface area contributed by atoms with Gasteiger partial charge in [-0.2, -0.15) is 0 Å². The molecule has 0 aliphatic carbocycles. The van der Waals surface area contributed by atoms with Crippen molar-refractivity contribution in [2.45, 2.75) is 19.3 Å². The van der Waals surface area contributed by atoms with Crippen LogP contribution in [0.15, 0.2) is 42.5 Å². The van der Waals surface area contributed by atoms with Gasteiger partial charge in [0.25, 0.3) is 0 Å². The van der Waals surface area contributed by atoms with Crippen molar-refractivity contribution in [3.05, 3.63) is 52.5 Å². The quantitative estimate of drug-likeness (QED) is 0.767. The van der Waals surface area contributed by atoms with E-state index in [-0.39, 0.29) is 12.5 Å². The molecule has 2 N–H and O–H groups in total. The van der Waals surface area contributed by atoms with Crippen molar-refractivity contribution in [3.8, 4) is 0 Å². The van der Waals surface area contributed by atoms with E-state index in [9.17, 15) is 4.79 Å². The summed E-state index contributed by atoms with van der Waals surface area (Å²) in [6.45, 7) is 2.38. The molecule has 0 unspecified atom stereocenters. The lowest BCUT2D eigenvalue weighted by molar-refractivity contribution is -0.114. The SMILES string of the molecule is O=C(CNc1ccc(N2CCCCC2)cc1)Nc1c(Cl)cccc1Cl. The van der Waals surface area contributed by atoms with Crippen molar-refractivity contribution in [1.29, 1.82) is 0 Å². The van der Waals surface area contributed by atoms with Gasteiger partial charge in [0.1, 0.15) is 0 Å². The van der Waals surface area contributed by atoms with Gasteiger partial charge >= 0.3 is 0 Å². The third-order valence-corrected chi connectivity index (χ3v) is 4.90. The second-order valence-corrected chi connectivity index (χ2v) is 6.91. The van der Waals surface area contributed by atoms with Crippen molar-refractivity contribution >= 4 is 46.2 Å². The van der Waals surface area contributed by atoms with Gasteiger partial charge in [0, 0.05) is 24.5 Å². The Morgan fingerprint density at radius 2 is 1.60 bits per heavy atom. The van der Waals surface area contributed by atoms with E-state index in [4.69, 9.17) is 23.2 Å². The van der Waals surface area contributed by atoms with E-state index in [1.54, 1.807) is 18.2 Å². The van der Waals surface area contributed by atoms with Crippen molar-refractivity contribution < 1.29 is 4.79 Å². The first-order valence-corrected chi connectivity index (χ1v) is 9.22. The summed E-state index contributed by atoms with van der Waals surface area (Å²) >= 11 is 12.1. The molecule has 132 valence electrons. The minimum Gasteiger partial charge on any atom is -0.376 e. The van der Waals surface area contributed by atoms with Gasteiger partial charge in [0.2, 0.25) is 5.91 Å². The highest BCUT2D eigenvalue weighted by molar-refractivity contribution is 6.39. The summed E-state index contributed by atoms with van der Waals surface area (Å²) in [6, 6.07) is 13.3. The number of anilines is 3. The lowest BCUT2D eigenvalue weighted by Gasteiger charge is -2.28. The number of amides is 1. The number of nitrogens with zero attached hydrogens (tertiary/aromatic N) is 1. The highest BCUT2D eigenvalue weighted by Crippen LogP contribution is 2.29. The molecule has 0 spiro atoms. The van der Waals surface area contributed by atoms with Gasteiger partial charge < -0.3 is 15.5 Å². The van der Waals surface area contributed by atoms with Crippen LogP contribution in [0.25, 0.3) is 0 Å². The van der Waals surface area contributed by atoms with E-state index >= 15 is 0 Å². The summed E-state index contributed by atoms with van der Waals surface area (Å²) in [7, 11) is 0. The van der Waals surface area contributed by atoms with Gasteiger partial charge in [-0.05, 0) is 55.7 Å². The van der Waals surface area contributed by atoms with Crippen molar-refractivity contribution in [2.75, 3.05) is 35.2 Å². The van der Waals surface area contributed by atoms with E-state index in [1.807, 2.05) is 12.1 Å². The Bertz CT molecular complexity index is 708. The summed E-state index contributed by atoms with van der Waals surface area (Å²) in [5, 5.41) is 6.70.